The van der Waals surface area contributed by atoms with E-state index in [-0.39, 0.29) is 23.3 Å². The molecule has 1 saturated heterocycles. The highest BCUT2D eigenvalue weighted by Gasteiger charge is 2.33. The van der Waals surface area contributed by atoms with Crippen LogP contribution in [0.3, 0.4) is 0 Å². The van der Waals surface area contributed by atoms with Crippen molar-refractivity contribution in [1.82, 2.24) is 10.2 Å². The number of nitrogens with zero attached hydrogens (tertiary/aromatic N) is 1. The predicted octanol–water partition coefficient (Wildman–Crippen LogP) is 4.67. The van der Waals surface area contributed by atoms with Crippen molar-refractivity contribution in [2.24, 2.45) is 0 Å². The minimum absolute atomic E-state index is 0.0611. The lowest BCUT2D eigenvalue weighted by Gasteiger charge is -2.30. The lowest BCUT2D eigenvalue weighted by molar-refractivity contribution is 0.189. The Balaban J connectivity index is 1.73. The average molecular weight is 400 g/mol. The van der Waals surface area contributed by atoms with Crippen LogP contribution >= 0.6 is 0 Å². The van der Waals surface area contributed by atoms with E-state index in [9.17, 15) is 9.18 Å². The van der Waals surface area contributed by atoms with E-state index in [1.54, 1.807) is 26.4 Å². The van der Waals surface area contributed by atoms with Crippen LogP contribution in [0, 0.1) is 5.82 Å². The third kappa shape index (κ3) is 4.63. The Morgan fingerprint density at radius 1 is 1.17 bits per heavy atom. The number of ether oxygens (including phenoxy) is 2. The van der Waals surface area contributed by atoms with Crippen LogP contribution in [0.25, 0.3) is 0 Å². The number of nitrogens with one attached hydrogen (secondary N) is 1. The number of amides is 2. The van der Waals surface area contributed by atoms with Gasteiger partial charge in [-0.15, -0.1) is 0 Å². The lowest BCUT2D eigenvalue weighted by Crippen LogP contribution is -2.44. The summed E-state index contributed by atoms with van der Waals surface area (Å²) in [4.78, 5) is 14.9. The van der Waals surface area contributed by atoms with Crippen molar-refractivity contribution in [2.45, 2.75) is 38.1 Å². The van der Waals surface area contributed by atoms with E-state index in [1.807, 2.05) is 36.9 Å². The van der Waals surface area contributed by atoms with Crippen LogP contribution in [0.1, 0.15) is 43.9 Å². The molecular weight excluding hydrogens is 371 g/mol. The number of likely N-dealkylation sites (tertiary alicyclic amines) is 1. The van der Waals surface area contributed by atoms with Gasteiger partial charge in [-0.05, 0) is 48.7 Å². The molecule has 0 aromatic heterocycles. The van der Waals surface area contributed by atoms with Gasteiger partial charge in [0.25, 0.3) is 0 Å². The van der Waals surface area contributed by atoms with Crippen molar-refractivity contribution >= 4 is 6.03 Å². The van der Waals surface area contributed by atoms with Gasteiger partial charge in [0.05, 0.1) is 20.3 Å². The fourth-order valence-electron chi connectivity index (χ4n) is 3.83. The Morgan fingerprint density at radius 2 is 1.90 bits per heavy atom. The van der Waals surface area contributed by atoms with E-state index in [1.165, 1.54) is 12.1 Å². The summed E-state index contributed by atoms with van der Waals surface area (Å²) in [6.45, 7) is 5.21. The van der Waals surface area contributed by atoms with Crippen LogP contribution in [0.15, 0.2) is 42.5 Å². The molecule has 5 nitrogen and oxygen atoms in total. The summed E-state index contributed by atoms with van der Waals surface area (Å²) in [7, 11) is 3.26. The van der Waals surface area contributed by atoms with Crippen LogP contribution < -0.4 is 14.8 Å². The summed E-state index contributed by atoms with van der Waals surface area (Å²) in [6, 6.07) is 11.9. The highest BCUT2D eigenvalue weighted by atomic mass is 19.1. The molecule has 0 radical (unpaired) electrons. The normalized spacial score (nSPS) is 16.6. The van der Waals surface area contributed by atoms with Crippen molar-refractivity contribution < 1.29 is 18.7 Å². The van der Waals surface area contributed by atoms with Crippen molar-refractivity contribution in [2.75, 3.05) is 27.3 Å². The van der Waals surface area contributed by atoms with E-state index in [0.717, 1.165) is 35.5 Å². The SMILES string of the molecule is COc1ccc(OC)c(C2CCCN2C(=O)NCC(C)(C)c2ccc(F)cc2)c1. The summed E-state index contributed by atoms with van der Waals surface area (Å²) in [5, 5.41) is 3.06. The van der Waals surface area contributed by atoms with Crippen molar-refractivity contribution in [3.63, 3.8) is 0 Å². The van der Waals surface area contributed by atoms with Gasteiger partial charge in [0, 0.05) is 24.1 Å². The molecule has 0 aliphatic carbocycles. The Morgan fingerprint density at radius 3 is 2.55 bits per heavy atom. The number of hydrogen-bond acceptors (Lipinski definition) is 3. The first-order valence-corrected chi connectivity index (χ1v) is 9.88. The first-order valence-electron chi connectivity index (χ1n) is 9.88. The second-order valence-corrected chi connectivity index (χ2v) is 8.01. The molecule has 2 aromatic rings. The Hall–Kier alpha value is -2.76. The number of halogens is 1. The van der Waals surface area contributed by atoms with Crippen molar-refractivity contribution in [1.29, 1.82) is 0 Å². The molecular formula is C23H29FN2O3. The number of carbonyl (C=O) groups excluding carboxylic acids is 1. The molecule has 1 N–H and O–H groups in total. The van der Waals surface area contributed by atoms with E-state index in [0.29, 0.717) is 13.1 Å². The number of benzene rings is 2. The highest BCUT2D eigenvalue weighted by Crippen LogP contribution is 2.39. The van der Waals surface area contributed by atoms with Crippen molar-refractivity contribution in [3.05, 3.63) is 59.4 Å². The number of carbonyl (C=O) groups is 1. The van der Waals surface area contributed by atoms with E-state index < -0.39 is 0 Å². The van der Waals surface area contributed by atoms with Gasteiger partial charge >= 0.3 is 6.03 Å². The van der Waals surface area contributed by atoms with Crippen LogP contribution in [-0.2, 0) is 5.41 Å². The number of hydrogen-bond donors (Lipinski definition) is 1. The monoisotopic (exact) mass is 400 g/mol. The molecule has 29 heavy (non-hydrogen) atoms. The van der Waals surface area contributed by atoms with Crippen LogP contribution in [0.5, 0.6) is 11.5 Å². The Labute approximate surface area is 171 Å². The van der Waals surface area contributed by atoms with Crippen LogP contribution in [0.4, 0.5) is 9.18 Å². The maximum atomic E-state index is 13.2. The number of rotatable bonds is 6. The van der Waals surface area contributed by atoms with Gasteiger partial charge in [-0.2, -0.15) is 0 Å². The van der Waals surface area contributed by atoms with Gasteiger partial charge in [0.1, 0.15) is 17.3 Å². The summed E-state index contributed by atoms with van der Waals surface area (Å²) in [5.74, 6) is 1.23. The number of urea groups is 1. The summed E-state index contributed by atoms with van der Waals surface area (Å²) in [6.07, 6.45) is 1.80. The first-order chi connectivity index (χ1) is 13.9. The first kappa shape index (κ1) is 21.0. The Kier molecular flexibility index (Phi) is 6.30. The quantitative estimate of drug-likeness (QED) is 0.767. The molecule has 1 aliphatic rings. The van der Waals surface area contributed by atoms with E-state index >= 15 is 0 Å². The molecule has 1 aliphatic heterocycles. The Bertz CT molecular complexity index is 852. The zero-order chi connectivity index (χ0) is 21.0. The number of methoxy groups -OCH3 is 2. The van der Waals surface area contributed by atoms with Crippen molar-refractivity contribution in [3.8, 4) is 11.5 Å². The fraction of sp³-hybridized carbons (Fsp3) is 0.435. The largest absolute Gasteiger partial charge is 0.497 e. The van der Waals surface area contributed by atoms with Gasteiger partial charge in [-0.25, -0.2) is 9.18 Å². The smallest absolute Gasteiger partial charge is 0.317 e. The fourth-order valence-corrected chi connectivity index (χ4v) is 3.83. The average Bonchev–Trinajstić information content (AvgIpc) is 3.21. The summed E-state index contributed by atoms with van der Waals surface area (Å²) >= 11 is 0. The third-order valence-corrected chi connectivity index (χ3v) is 5.62. The molecule has 0 bridgehead atoms. The van der Waals surface area contributed by atoms with Crippen LogP contribution in [-0.4, -0.2) is 38.2 Å². The molecule has 3 rings (SSSR count). The molecule has 1 fully saturated rings. The van der Waals surface area contributed by atoms with Gasteiger partial charge < -0.3 is 19.7 Å². The third-order valence-electron chi connectivity index (χ3n) is 5.62. The standard InChI is InChI=1S/C23H29FN2O3/c1-23(2,16-7-9-17(24)10-8-16)15-25-22(27)26-13-5-6-20(26)19-14-18(28-3)11-12-21(19)29-4/h7-12,14,20H,5-6,13,15H2,1-4H3,(H,25,27). The molecule has 2 amide bonds. The maximum Gasteiger partial charge on any atom is 0.317 e. The summed E-state index contributed by atoms with van der Waals surface area (Å²) in [5.41, 5.74) is 1.62. The molecule has 1 unspecified atom stereocenters. The van der Waals surface area contributed by atoms with Gasteiger partial charge in [0.15, 0.2) is 0 Å². The molecule has 6 heteroatoms. The molecule has 0 spiro atoms. The molecule has 156 valence electrons. The molecule has 1 heterocycles. The molecule has 2 aromatic carbocycles. The summed E-state index contributed by atoms with van der Waals surface area (Å²) < 4.78 is 24.1. The molecule has 0 saturated carbocycles. The zero-order valence-electron chi connectivity index (χ0n) is 17.5. The lowest BCUT2D eigenvalue weighted by atomic mass is 9.84. The van der Waals surface area contributed by atoms with E-state index in [2.05, 4.69) is 5.32 Å². The molecule has 1 atom stereocenters. The topological polar surface area (TPSA) is 50.8 Å². The van der Waals surface area contributed by atoms with Crippen LogP contribution in [0.2, 0.25) is 0 Å². The minimum Gasteiger partial charge on any atom is -0.497 e. The van der Waals surface area contributed by atoms with Gasteiger partial charge in [-0.3, -0.25) is 0 Å². The van der Waals surface area contributed by atoms with E-state index in [4.69, 9.17) is 9.47 Å². The predicted molar refractivity (Wildman–Crippen MR) is 111 cm³/mol. The van der Waals surface area contributed by atoms with Gasteiger partial charge in [0.2, 0.25) is 0 Å². The zero-order valence-corrected chi connectivity index (χ0v) is 17.5. The second-order valence-electron chi connectivity index (χ2n) is 8.01. The highest BCUT2D eigenvalue weighted by molar-refractivity contribution is 5.75. The minimum atomic E-state index is -0.313. The maximum absolute atomic E-state index is 13.2. The van der Waals surface area contributed by atoms with Gasteiger partial charge in [-0.1, -0.05) is 26.0 Å². The second kappa shape index (κ2) is 8.72.